The van der Waals surface area contributed by atoms with E-state index in [1.165, 1.54) is 16.6 Å². The Morgan fingerprint density at radius 2 is 1.93 bits per heavy atom. The lowest BCUT2D eigenvalue weighted by molar-refractivity contribution is -0.116. The van der Waals surface area contributed by atoms with Gasteiger partial charge in [-0.15, -0.1) is 0 Å². The van der Waals surface area contributed by atoms with Gasteiger partial charge in [0.2, 0.25) is 15.9 Å². The minimum absolute atomic E-state index is 0.173. The maximum atomic E-state index is 13.1. The van der Waals surface area contributed by atoms with Gasteiger partial charge in [-0.25, -0.2) is 8.42 Å². The van der Waals surface area contributed by atoms with Crippen LogP contribution in [0, 0.1) is 0 Å². The lowest BCUT2D eigenvalue weighted by atomic mass is 10.1. The molecule has 0 aliphatic carbocycles. The molecule has 0 atom stereocenters. The van der Waals surface area contributed by atoms with Gasteiger partial charge in [-0.3, -0.25) is 4.79 Å². The number of hydrogen-bond acceptors (Lipinski definition) is 5. The van der Waals surface area contributed by atoms with Gasteiger partial charge in [-0.1, -0.05) is 48.8 Å². The maximum absolute atomic E-state index is 13.1. The molecule has 0 radical (unpaired) electrons. The van der Waals surface area contributed by atoms with Crippen LogP contribution in [0.25, 0.3) is 10.8 Å². The van der Waals surface area contributed by atoms with Crippen LogP contribution in [0.5, 0.6) is 0 Å². The smallest absolute Gasteiger partial charge is 0.243 e. The van der Waals surface area contributed by atoms with Crippen LogP contribution in [-0.4, -0.2) is 36.9 Å². The first kappa shape index (κ1) is 19.1. The standard InChI is InChI=1S/C19H21N3O4S/c1-2-3-11-22(14-19(23)20-18-10-12-26-21-18)27(24,25)17-9-8-15-6-4-5-7-16(15)13-17/h4-10,12-13H,2-3,11,14H2,1H3,(H,20,21,23). The monoisotopic (exact) mass is 387 g/mol. The highest BCUT2D eigenvalue weighted by Gasteiger charge is 2.26. The van der Waals surface area contributed by atoms with Crippen molar-refractivity contribution in [2.75, 3.05) is 18.4 Å². The van der Waals surface area contributed by atoms with Gasteiger partial charge in [0, 0.05) is 12.6 Å². The summed E-state index contributed by atoms with van der Waals surface area (Å²) in [6.07, 6.45) is 2.80. The van der Waals surface area contributed by atoms with E-state index >= 15 is 0 Å². The normalized spacial score (nSPS) is 11.8. The van der Waals surface area contributed by atoms with E-state index in [0.717, 1.165) is 17.2 Å². The zero-order chi connectivity index (χ0) is 19.3. The Kier molecular flexibility index (Phi) is 5.88. The quantitative estimate of drug-likeness (QED) is 0.640. The molecule has 0 unspecified atom stereocenters. The maximum Gasteiger partial charge on any atom is 0.243 e. The lowest BCUT2D eigenvalue weighted by Gasteiger charge is -2.21. The number of anilines is 1. The summed E-state index contributed by atoms with van der Waals surface area (Å²) in [6.45, 7) is 1.94. The van der Waals surface area contributed by atoms with E-state index < -0.39 is 15.9 Å². The zero-order valence-electron chi connectivity index (χ0n) is 15.0. The fourth-order valence-electron chi connectivity index (χ4n) is 2.72. The summed E-state index contributed by atoms with van der Waals surface area (Å²) in [6, 6.07) is 14.0. The summed E-state index contributed by atoms with van der Waals surface area (Å²) in [5.41, 5.74) is 0. The molecule has 8 heteroatoms. The third-order valence-electron chi connectivity index (χ3n) is 4.15. The van der Waals surface area contributed by atoms with Gasteiger partial charge in [0.25, 0.3) is 0 Å². The van der Waals surface area contributed by atoms with Gasteiger partial charge in [0.15, 0.2) is 5.82 Å². The van der Waals surface area contributed by atoms with Gasteiger partial charge < -0.3 is 9.84 Å². The highest BCUT2D eigenvalue weighted by molar-refractivity contribution is 7.89. The molecule has 0 bridgehead atoms. The second-order valence-electron chi connectivity index (χ2n) is 6.13. The van der Waals surface area contributed by atoms with Gasteiger partial charge in [0.1, 0.15) is 6.26 Å². The number of carbonyl (C=O) groups is 1. The summed E-state index contributed by atoms with van der Waals surface area (Å²) >= 11 is 0. The topological polar surface area (TPSA) is 92.5 Å². The Balaban J connectivity index is 1.85. The van der Waals surface area contributed by atoms with Crippen molar-refractivity contribution in [2.24, 2.45) is 0 Å². The molecule has 1 amide bonds. The summed E-state index contributed by atoms with van der Waals surface area (Å²) < 4.78 is 32.1. The molecular formula is C19H21N3O4S. The minimum Gasteiger partial charge on any atom is -0.363 e. The molecule has 0 fully saturated rings. The van der Waals surface area contributed by atoms with Crippen molar-refractivity contribution >= 4 is 32.5 Å². The first-order valence-corrected chi connectivity index (χ1v) is 10.1. The van der Waals surface area contributed by atoms with Crippen molar-refractivity contribution in [2.45, 2.75) is 24.7 Å². The molecule has 27 heavy (non-hydrogen) atoms. The molecule has 0 saturated carbocycles. The summed E-state index contributed by atoms with van der Waals surface area (Å²) in [4.78, 5) is 12.4. The molecule has 0 aliphatic rings. The molecule has 3 rings (SSSR count). The number of amides is 1. The number of benzene rings is 2. The second-order valence-corrected chi connectivity index (χ2v) is 8.07. The summed E-state index contributed by atoms with van der Waals surface area (Å²) in [5.74, 6) is -0.220. The van der Waals surface area contributed by atoms with Crippen LogP contribution in [0.3, 0.4) is 0 Å². The van der Waals surface area contributed by atoms with Crippen molar-refractivity contribution in [1.82, 2.24) is 9.46 Å². The lowest BCUT2D eigenvalue weighted by Crippen LogP contribution is -2.38. The van der Waals surface area contributed by atoms with E-state index in [-0.39, 0.29) is 23.8 Å². The third kappa shape index (κ3) is 4.53. The van der Waals surface area contributed by atoms with E-state index in [9.17, 15) is 13.2 Å². The van der Waals surface area contributed by atoms with Crippen LogP contribution in [0.2, 0.25) is 0 Å². The average molecular weight is 387 g/mol. The van der Waals surface area contributed by atoms with Crippen molar-refractivity contribution in [3.63, 3.8) is 0 Å². The number of unbranched alkanes of at least 4 members (excludes halogenated alkanes) is 1. The van der Waals surface area contributed by atoms with E-state index in [0.29, 0.717) is 6.42 Å². The molecule has 0 aliphatic heterocycles. The van der Waals surface area contributed by atoms with E-state index in [2.05, 4.69) is 15.0 Å². The molecule has 1 aromatic heterocycles. The predicted molar refractivity (Wildman–Crippen MR) is 103 cm³/mol. The van der Waals surface area contributed by atoms with Crippen LogP contribution < -0.4 is 5.32 Å². The van der Waals surface area contributed by atoms with E-state index in [1.807, 2.05) is 31.2 Å². The van der Waals surface area contributed by atoms with Crippen molar-refractivity contribution in [3.05, 3.63) is 54.8 Å². The summed E-state index contributed by atoms with van der Waals surface area (Å²) in [7, 11) is -3.81. The number of rotatable bonds is 8. The molecule has 0 spiro atoms. The van der Waals surface area contributed by atoms with Crippen molar-refractivity contribution in [3.8, 4) is 0 Å². The average Bonchev–Trinajstić information content (AvgIpc) is 3.17. The molecule has 7 nitrogen and oxygen atoms in total. The Bertz CT molecular complexity index is 1020. The van der Waals surface area contributed by atoms with Crippen LogP contribution in [0.4, 0.5) is 5.82 Å². The molecule has 1 heterocycles. The number of aromatic nitrogens is 1. The fraction of sp³-hybridized carbons (Fsp3) is 0.263. The highest BCUT2D eigenvalue weighted by atomic mass is 32.2. The third-order valence-corrected chi connectivity index (χ3v) is 5.99. The Labute approximate surface area is 158 Å². The van der Waals surface area contributed by atoms with Gasteiger partial charge in [0.05, 0.1) is 11.4 Å². The second kappa shape index (κ2) is 8.32. The Morgan fingerprint density at radius 1 is 1.15 bits per heavy atom. The number of hydrogen-bond donors (Lipinski definition) is 1. The van der Waals surface area contributed by atoms with Crippen molar-refractivity contribution < 1.29 is 17.7 Å². The largest absolute Gasteiger partial charge is 0.363 e. The number of sulfonamides is 1. The van der Waals surface area contributed by atoms with Crippen LogP contribution >= 0.6 is 0 Å². The number of nitrogens with zero attached hydrogens (tertiary/aromatic N) is 2. The highest BCUT2D eigenvalue weighted by Crippen LogP contribution is 2.22. The number of carbonyl (C=O) groups excluding carboxylic acids is 1. The van der Waals surface area contributed by atoms with Crippen LogP contribution in [0.15, 0.2) is 64.2 Å². The van der Waals surface area contributed by atoms with Gasteiger partial charge in [-0.2, -0.15) is 4.31 Å². The van der Waals surface area contributed by atoms with E-state index in [4.69, 9.17) is 0 Å². The first-order valence-electron chi connectivity index (χ1n) is 8.70. The van der Waals surface area contributed by atoms with Gasteiger partial charge >= 0.3 is 0 Å². The van der Waals surface area contributed by atoms with Crippen LogP contribution in [0.1, 0.15) is 19.8 Å². The SMILES string of the molecule is CCCCN(CC(=O)Nc1ccon1)S(=O)(=O)c1ccc2ccccc2c1. The van der Waals surface area contributed by atoms with E-state index in [1.54, 1.807) is 18.2 Å². The Morgan fingerprint density at radius 3 is 2.63 bits per heavy atom. The number of fused-ring (bicyclic) bond motifs is 1. The summed E-state index contributed by atoms with van der Waals surface area (Å²) in [5, 5.41) is 7.93. The minimum atomic E-state index is -3.81. The molecular weight excluding hydrogens is 366 g/mol. The predicted octanol–water partition coefficient (Wildman–Crippen LogP) is 3.26. The van der Waals surface area contributed by atoms with Crippen LogP contribution in [-0.2, 0) is 14.8 Å². The molecule has 0 saturated heterocycles. The molecule has 2 aromatic carbocycles. The van der Waals surface area contributed by atoms with Gasteiger partial charge in [-0.05, 0) is 29.3 Å². The van der Waals surface area contributed by atoms with Crippen molar-refractivity contribution in [1.29, 1.82) is 0 Å². The molecule has 142 valence electrons. The molecule has 3 aromatic rings. The first-order chi connectivity index (χ1) is 13.0. The molecule has 1 N–H and O–H groups in total. The zero-order valence-corrected chi connectivity index (χ0v) is 15.8. The Hall–Kier alpha value is -2.71. The number of nitrogens with one attached hydrogen (secondary N) is 1. The fourth-order valence-corrected chi connectivity index (χ4v) is 4.19.